The molecule has 0 atom stereocenters. The molecule has 0 radical (unpaired) electrons. The van der Waals surface area contributed by atoms with Crippen molar-refractivity contribution in [2.24, 2.45) is 0 Å². The van der Waals surface area contributed by atoms with Gasteiger partial charge in [0.25, 0.3) is 0 Å². The number of ether oxygens (including phenoxy) is 1. The van der Waals surface area contributed by atoms with Crippen molar-refractivity contribution in [2.75, 3.05) is 33.0 Å². The third-order valence-corrected chi connectivity index (χ3v) is 4.74. The van der Waals surface area contributed by atoms with E-state index in [2.05, 4.69) is 5.32 Å². The average Bonchev–Trinajstić information content (AvgIpc) is 2.50. The number of nitrogens with zero attached hydrogens (tertiary/aromatic N) is 1. The zero-order chi connectivity index (χ0) is 17.3. The number of hydrogen-bond donors (Lipinski definition) is 1. The molecule has 0 saturated carbocycles. The number of sulfonamides is 1. The first-order valence-corrected chi connectivity index (χ1v) is 9.56. The third kappa shape index (κ3) is 7.47. The molecule has 7 heteroatoms. The van der Waals surface area contributed by atoms with Gasteiger partial charge in [0.1, 0.15) is 5.75 Å². The molecule has 23 heavy (non-hydrogen) atoms. The number of methoxy groups -OCH3 is 1. The normalized spacial score (nSPS) is 11.5. The van der Waals surface area contributed by atoms with Crippen LogP contribution in [0, 0.1) is 0 Å². The lowest BCUT2D eigenvalue weighted by molar-refractivity contribution is -0.120. The molecule has 0 aliphatic carbocycles. The summed E-state index contributed by atoms with van der Waals surface area (Å²) in [6.07, 6.45) is 3.20. The number of rotatable bonds is 10. The number of hydrogen-bond acceptors (Lipinski definition) is 4. The van der Waals surface area contributed by atoms with Crippen molar-refractivity contribution in [1.82, 2.24) is 9.62 Å². The van der Waals surface area contributed by atoms with Crippen molar-refractivity contribution in [3.63, 3.8) is 0 Å². The van der Waals surface area contributed by atoms with Crippen molar-refractivity contribution < 1.29 is 17.9 Å². The van der Waals surface area contributed by atoms with Crippen LogP contribution in [0.1, 0.15) is 25.3 Å². The summed E-state index contributed by atoms with van der Waals surface area (Å²) in [5, 5.41) is 2.76. The number of carbonyl (C=O) groups is 1. The van der Waals surface area contributed by atoms with Gasteiger partial charge >= 0.3 is 0 Å². The Morgan fingerprint density at radius 3 is 2.39 bits per heavy atom. The summed E-state index contributed by atoms with van der Waals surface area (Å²) in [6.45, 7) is 3.11. The lowest BCUT2D eigenvalue weighted by Gasteiger charge is -2.19. The van der Waals surface area contributed by atoms with Gasteiger partial charge in [-0.05, 0) is 24.1 Å². The minimum Gasteiger partial charge on any atom is -0.497 e. The fourth-order valence-corrected chi connectivity index (χ4v) is 2.97. The molecule has 0 aliphatic heterocycles. The Balaban J connectivity index is 2.41. The van der Waals surface area contributed by atoms with Gasteiger partial charge in [-0.1, -0.05) is 25.5 Å². The summed E-state index contributed by atoms with van der Waals surface area (Å²) < 4.78 is 29.8. The van der Waals surface area contributed by atoms with E-state index in [0.717, 1.165) is 24.2 Å². The molecular formula is C16H26N2O4S. The second kappa shape index (κ2) is 9.52. The molecule has 0 unspecified atom stereocenters. The Kier molecular flexibility index (Phi) is 8.05. The van der Waals surface area contributed by atoms with Gasteiger partial charge in [0.05, 0.1) is 19.8 Å². The Bertz CT molecular complexity index is 585. The Hall–Kier alpha value is -1.60. The molecule has 6 nitrogen and oxygen atoms in total. The zero-order valence-corrected chi connectivity index (χ0v) is 14.9. The van der Waals surface area contributed by atoms with E-state index in [1.54, 1.807) is 19.2 Å². The van der Waals surface area contributed by atoms with E-state index in [4.69, 9.17) is 4.74 Å². The van der Waals surface area contributed by atoms with Gasteiger partial charge < -0.3 is 10.1 Å². The fraction of sp³-hybridized carbons (Fsp3) is 0.562. The molecule has 1 aromatic rings. The number of carbonyl (C=O) groups excluding carboxylic acids is 1. The van der Waals surface area contributed by atoms with Gasteiger partial charge in [-0.2, -0.15) is 0 Å². The van der Waals surface area contributed by atoms with E-state index in [0.29, 0.717) is 19.6 Å². The molecule has 1 amide bonds. The van der Waals surface area contributed by atoms with Crippen molar-refractivity contribution >= 4 is 15.9 Å². The Labute approximate surface area is 138 Å². The molecule has 0 aromatic heterocycles. The third-order valence-electron chi connectivity index (χ3n) is 3.44. The quantitative estimate of drug-likeness (QED) is 0.698. The van der Waals surface area contributed by atoms with Crippen LogP contribution in [0.25, 0.3) is 0 Å². The first kappa shape index (κ1) is 19.4. The first-order valence-electron chi connectivity index (χ1n) is 7.71. The van der Waals surface area contributed by atoms with Gasteiger partial charge in [0.2, 0.25) is 15.9 Å². The maximum absolute atomic E-state index is 11.9. The van der Waals surface area contributed by atoms with E-state index >= 15 is 0 Å². The zero-order valence-electron chi connectivity index (χ0n) is 14.0. The minimum atomic E-state index is -3.23. The topological polar surface area (TPSA) is 75.7 Å². The second-order valence-corrected chi connectivity index (χ2v) is 7.37. The van der Waals surface area contributed by atoms with Crippen molar-refractivity contribution in [2.45, 2.75) is 26.2 Å². The molecule has 1 rings (SSSR count). The van der Waals surface area contributed by atoms with Crippen LogP contribution in [0.3, 0.4) is 0 Å². The van der Waals surface area contributed by atoms with Gasteiger partial charge in [-0.15, -0.1) is 0 Å². The van der Waals surface area contributed by atoms with Crippen LogP contribution in [0.2, 0.25) is 0 Å². The Morgan fingerprint density at radius 1 is 1.22 bits per heavy atom. The second-order valence-electron chi connectivity index (χ2n) is 5.39. The lowest BCUT2D eigenvalue weighted by atomic mass is 10.1. The molecular weight excluding hydrogens is 316 g/mol. The van der Waals surface area contributed by atoms with Crippen molar-refractivity contribution in [1.29, 1.82) is 0 Å². The maximum Gasteiger partial charge on any atom is 0.224 e. The number of benzene rings is 1. The smallest absolute Gasteiger partial charge is 0.224 e. The average molecular weight is 342 g/mol. The van der Waals surface area contributed by atoms with E-state index in [9.17, 15) is 13.2 Å². The number of amides is 1. The number of nitrogens with one attached hydrogen (secondary N) is 1. The maximum atomic E-state index is 11.9. The minimum absolute atomic E-state index is 0.126. The summed E-state index contributed by atoms with van der Waals surface area (Å²) in [5.41, 5.74) is 0.884. The largest absolute Gasteiger partial charge is 0.497 e. The van der Waals surface area contributed by atoms with E-state index in [1.165, 1.54) is 10.6 Å². The molecule has 130 valence electrons. The fourth-order valence-electron chi connectivity index (χ4n) is 2.09. The SMILES string of the molecule is CCCCN(CCNC(=O)Cc1ccc(OC)cc1)S(C)(=O)=O. The van der Waals surface area contributed by atoms with Gasteiger partial charge in [0.15, 0.2) is 0 Å². The van der Waals surface area contributed by atoms with Crippen LogP contribution in [0.5, 0.6) is 5.75 Å². The highest BCUT2D eigenvalue weighted by molar-refractivity contribution is 7.88. The number of unbranched alkanes of at least 4 members (excludes halogenated alkanes) is 1. The van der Waals surface area contributed by atoms with Crippen LogP contribution < -0.4 is 10.1 Å². The monoisotopic (exact) mass is 342 g/mol. The lowest BCUT2D eigenvalue weighted by Crippen LogP contribution is -2.39. The van der Waals surface area contributed by atoms with Crippen LogP contribution in [0.15, 0.2) is 24.3 Å². The molecule has 0 saturated heterocycles. The van der Waals surface area contributed by atoms with Gasteiger partial charge in [-0.25, -0.2) is 12.7 Å². The molecule has 0 spiro atoms. The highest BCUT2D eigenvalue weighted by Gasteiger charge is 2.15. The molecule has 0 heterocycles. The highest BCUT2D eigenvalue weighted by atomic mass is 32.2. The first-order chi connectivity index (χ1) is 10.9. The molecule has 0 fully saturated rings. The summed E-state index contributed by atoms with van der Waals surface area (Å²) in [4.78, 5) is 11.9. The molecule has 1 N–H and O–H groups in total. The van der Waals surface area contributed by atoms with E-state index < -0.39 is 10.0 Å². The standard InChI is InChI=1S/C16H26N2O4S/c1-4-5-11-18(23(3,20)21)12-10-17-16(19)13-14-6-8-15(22-2)9-7-14/h6-9H,4-5,10-13H2,1-3H3,(H,17,19). The molecule has 0 bridgehead atoms. The van der Waals surface area contributed by atoms with Crippen LogP contribution in [0.4, 0.5) is 0 Å². The summed E-state index contributed by atoms with van der Waals surface area (Å²) >= 11 is 0. The van der Waals surface area contributed by atoms with Gasteiger partial charge in [0, 0.05) is 19.6 Å². The van der Waals surface area contributed by atoms with E-state index in [1.807, 2.05) is 19.1 Å². The highest BCUT2D eigenvalue weighted by Crippen LogP contribution is 2.11. The summed E-state index contributed by atoms with van der Waals surface area (Å²) in [5.74, 6) is 0.619. The van der Waals surface area contributed by atoms with Crippen LogP contribution >= 0.6 is 0 Å². The predicted octanol–water partition coefficient (Wildman–Crippen LogP) is 1.42. The van der Waals surface area contributed by atoms with Crippen LogP contribution in [-0.4, -0.2) is 51.6 Å². The summed E-state index contributed by atoms with van der Waals surface area (Å²) in [7, 11) is -1.64. The predicted molar refractivity (Wildman–Crippen MR) is 91.0 cm³/mol. The van der Waals surface area contributed by atoms with Crippen molar-refractivity contribution in [3.8, 4) is 5.75 Å². The Morgan fingerprint density at radius 2 is 1.87 bits per heavy atom. The van der Waals surface area contributed by atoms with Gasteiger partial charge in [-0.3, -0.25) is 4.79 Å². The molecule has 1 aromatic carbocycles. The molecule has 0 aliphatic rings. The van der Waals surface area contributed by atoms with Crippen molar-refractivity contribution in [3.05, 3.63) is 29.8 Å². The van der Waals surface area contributed by atoms with E-state index in [-0.39, 0.29) is 12.3 Å². The van der Waals surface area contributed by atoms with Crippen LogP contribution in [-0.2, 0) is 21.2 Å². The summed E-state index contributed by atoms with van der Waals surface area (Å²) in [6, 6.07) is 7.28.